The summed E-state index contributed by atoms with van der Waals surface area (Å²) in [5.74, 6) is 0.861. The number of hydrogen-bond donors (Lipinski definition) is 1. The minimum atomic E-state index is -0.322. The van der Waals surface area contributed by atoms with Crippen LogP contribution in [0.15, 0.2) is 18.2 Å². The maximum absolute atomic E-state index is 12.2. The van der Waals surface area contributed by atoms with Gasteiger partial charge in [-0.05, 0) is 32.9 Å². The number of carbonyl (C=O) groups excluding carboxylic acids is 2. The number of nitrogens with one attached hydrogen (secondary N) is 1. The van der Waals surface area contributed by atoms with E-state index >= 15 is 0 Å². The number of ether oxygens (including phenoxy) is 2. The van der Waals surface area contributed by atoms with Gasteiger partial charge in [-0.2, -0.15) is 0 Å². The first kappa shape index (κ1) is 14.7. The van der Waals surface area contributed by atoms with Crippen LogP contribution >= 0.6 is 0 Å². The van der Waals surface area contributed by atoms with Crippen LogP contribution in [0.25, 0.3) is 0 Å². The lowest BCUT2D eigenvalue weighted by atomic mass is 10.0. The van der Waals surface area contributed by atoms with E-state index in [1.54, 1.807) is 17.0 Å². The molecule has 1 saturated heterocycles. The summed E-state index contributed by atoms with van der Waals surface area (Å²) in [6.45, 7) is 6.37. The van der Waals surface area contributed by atoms with Crippen molar-refractivity contribution in [2.75, 3.05) is 18.2 Å². The van der Waals surface area contributed by atoms with E-state index in [2.05, 4.69) is 5.32 Å². The van der Waals surface area contributed by atoms with Crippen LogP contribution in [0.2, 0.25) is 0 Å². The Morgan fingerprint density at radius 3 is 2.73 bits per heavy atom. The molecule has 6 nitrogen and oxygen atoms in total. The summed E-state index contributed by atoms with van der Waals surface area (Å²) in [7, 11) is 0. The summed E-state index contributed by atoms with van der Waals surface area (Å²) in [6, 6.07) is 5.38. The van der Waals surface area contributed by atoms with Gasteiger partial charge in [-0.1, -0.05) is 0 Å². The third-order valence-corrected chi connectivity index (χ3v) is 3.66. The molecule has 2 aliphatic rings. The molecule has 0 spiro atoms. The number of benzene rings is 1. The number of nitrogens with zero attached hydrogens (tertiary/aromatic N) is 1. The molecule has 1 aromatic rings. The van der Waals surface area contributed by atoms with E-state index in [1.807, 2.05) is 26.8 Å². The van der Waals surface area contributed by atoms with Crippen molar-refractivity contribution in [2.45, 2.75) is 32.7 Å². The topological polar surface area (TPSA) is 67.9 Å². The van der Waals surface area contributed by atoms with Crippen LogP contribution < -0.4 is 19.7 Å². The lowest BCUT2D eigenvalue weighted by Crippen LogP contribution is -2.44. The van der Waals surface area contributed by atoms with Crippen molar-refractivity contribution < 1.29 is 19.1 Å². The Morgan fingerprint density at radius 2 is 2.00 bits per heavy atom. The highest BCUT2D eigenvalue weighted by Gasteiger charge is 2.36. The average molecular weight is 304 g/mol. The predicted molar refractivity (Wildman–Crippen MR) is 80.9 cm³/mol. The molecule has 1 fully saturated rings. The van der Waals surface area contributed by atoms with Crippen molar-refractivity contribution in [3.63, 3.8) is 0 Å². The Bertz CT molecular complexity index is 621. The van der Waals surface area contributed by atoms with Gasteiger partial charge in [0.25, 0.3) is 0 Å². The first-order chi connectivity index (χ1) is 10.3. The lowest BCUT2D eigenvalue weighted by Gasteiger charge is -2.23. The molecule has 0 aromatic heterocycles. The van der Waals surface area contributed by atoms with Crippen molar-refractivity contribution >= 4 is 17.5 Å². The highest BCUT2D eigenvalue weighted by Crippen LogP contribution is 2.37. The van der Waals surface area contributed by atoms with Crippen LogP contribution in [-0.4, -0.2) is 30.7 Å². The second kappa shape index (κ2) is 5.19. The molecule has 22 heavy (non-hydrogen) atoms. The molecule has 1 aromatic carbocycles. The fraction of sp³-hybridized carbons (Fsp3) is 0.500. The van der Waals surface area contributed by atoms with E-state index < -0.39 is 0 Å². The number of anilines is 1. The molecule has 0 saturated carbocycles. The Balaban J connectivity index is 1.74. The van der Waals surface area contributed by atoms with E-state index in [9.17, 15) is 9.59 Å². The molecular weight excluding hydrogens is 284 g/mol. The smallest absolute Gasteiger partial charge is 0.231 e. The number of rotatable bonds is 2. The van der Waals surface area contributed by atoms with Gasteiger partial charge >= 0.3 is 0 Å². The largest absolute Gasteiger partial charge is 0.454 e. The quantitative estimate of drug-likeness (QED) is 0.902. The highest BCUT2D eigenvalue weighted by molar-refractivity contribution is 6.00. The standard InChI is InChI=1S/C16H20N2O4/c1-16(2,3)17-15(20)10-6-14(19)18(8-10)11-4-5-12-13(7-11)22-9-21-12/h4-5,7,10H,6,8-9H2,1-3H3,(H,17,20). The fourth-order valence-electron chi connectivity index (χ4n) is 2.66. The maximum atomic E-state index is 12.2. The monoisotopic (exact) mass is 304 g/mol. The zero-order chi connectivity index (χ0) is 15.9. The van der Waals surface area contributed by atoms with Gasteiger partial charge in [-0.25, -0.2) is 0 Å². The SMILES string of the molecule is CC(C)(C)NC(=O)C1CC(=O)N(c2ccc3c(c2)OCO3)C1. The van der Waals surface area contributed by atoms with Crippen molar-refractivity contribution in [3.8, 4) is 11.5 Å². The Kier molecular flexibility index (Phi) is 3.47. The van der Waals surface area contributed by atoms with Gasteiger partial charge < -0.3 is 19.7 Å². The maximum Gasteiger partial charge on any atom is 0.231 e. The van der Waals surface area contributed by atoms with E-state index in [1.165, 1.54) is 0 Å². The van der Waals surface area contributed by atoms with Crippen molar-refractivity contribution in [3.05, 3.63) is 18.2 Å². The molecular formula is C16H20N2O4. The second-order valence-electron chi connectivity index (χ2n) is 6.68. The first-order valence-electron chi connectivity index (χ1n) is 7.35. The molecule has 118 valence electrons. The van der Waals surface area contributed by atoms with Gasteiger partial charge in [-0.3, -0.25) is 9.59 Å². The van der Waals surface area contributed by atoms with Gasteiger partial charge in [0.1, 0.15) is 0 Å². The third-order valence-electron chi connectivity index (χ3n) is 3.66. The fourth-order valence-corrected chi connectivity index (χ4v) is 2.66. The molecule has 1 unspecified atom stereocenters. The minimum absolute atomic E-state index is 0.0482. The summed E-state index contributed by atoms with van der Waals surface area (Å²) in [4.78, 5) is 26.1. The molecule has 0 aliphatic carbocycles. The van der Waals surface area contributed by atoms with Crippen molar-refractivity contribution in [1.29, 1.82) is 0 Å². The normalized spacial score (nSPS) is 20.4. The minimum Gasteiger partial charge on any atom is -0.454 e. The first-order valence-corrected chi connectivity index (χ1v) is 7.35. The zero-order valence-electron chi connectivity index (χ0n) is 13.0. The number of amides is 2. The molecule has 2 heterocycles. The Hall–Kier alpha value is -2.24. The number of fused-ring (bicyclic) bond motifs is 1. The summed E-state index contributed by atoms with van der Waals surface area (Å²) < 4.78 is 10.6. The molecule has 1 N–H and O–H groups in total. The molecule has 2 amide bonds. The van der Waals surface area contributed by atoms with Crippen LogP contribution in [0.5, 0.6) is 11.5 Å². The molecule has 3 rings (SSSR count). The predicted octanol–water partition coefficient (Wildman–Crippen LogP) is 1.68. The molecule has 0 radical (unpaired) electrons. The zero-order valence-corrected chi connectivity index (χ0v) is 13.0. The van der Waals surface area contributed by atoms with Crippen LogP contribution in [0.1, 0.15) is 27.2 Å². The summed E-state index contributed by atoms with van der Waals surface area (Å²) >= 11 is 0. The van der Waals surface area contributed by atoms with Gasteiger partial charge in [-0.15, -0.1) is 0 Å². The van der Waals surface area contributed by atoms with Gasteiger partial charge in [0.2, 0.25) is 18.6 Å². The van der Waals surface area contributed by atoms with E-state index in [0.717, 1.165) is 5.69 Å². The Morgan fingerprint density at radius 1 is 1.27 bits per heavy atom. The lowest BCUT2D eigenvalue weighted by molar-refractivity contribution is -0.127. The summed E-state index contributed by atoms with van der Waals surface area (Å²) in [5, 5.41) is 2.93. The summed E-state index contributed by atoms with van der Waals surface area (Å²) in [6.07, 6.45) is 0.232. The van der Waals surface area contributed by atoms with Crippen LogP contribution in [0.3, 0.4) is 0 Å². The second-order valence-corrected chi connectivity index (χ2v) is 6.68. The van der Waals surface area contributed by atoms with E-state index in [-0.39, 0.29) is 36.5 Å². The van der Waals surface area contributed by atoms with Gasteiger partial charge in [0.15, 0.2) is 11.5 Å². The molecule has 6 heteroatoms. The molecule has 0 bridgehead atoms. The molecule has 1 atom stereocenters. The van der Waals surface area contributed by atoms with Crippen LogP contribution in [-0.2, 0) is 9.59 Å². The van der Waals surface area contributed by atoms with Crippen LogP contribution in [0.4, 0.5) is 5.69 Å². The van der Waals surface area contributed by atoms with E-state index in [4.69, 9.17) is 9.47 Å². The van der Waals surface area contributed by atoms with Gasteiger partial charge in [0, 0.05) is 30.3 Å². The number of carbonyl (C=O) groups is 2. The Labute approximate surface area is 129 Å². The average Bonchev–Trinajstić information content (AvgIpc) is 3.01. The highest BCUT2D eigenvalue weighted by atomic mass is 16.7. The van der Waals surface area contributed by atoms with E-state index in [0.29, 0.717) is 18.0 Å². The van der Waals surface area contributed by atoms with Crippen LogP contribution in [0, 0.1) is 5.92 Å². The van der Waals surface area contributed by atoms with Gasteiger partial charge in [0.05, 0.1) is 5.92 Å². The number of hydrogen-bond acceptors (Lipinski definition) is 4. The summed E-state index contributed by atoms with van der Waals surface area (Å²) in [5.41, 5.74) is 0.437. The molecule has 2 aliphatic heterocycles. The van der Waals surface area contributed by atoms with Crippen molar-refractivity contribution in [2.24, 2.45) is 5.92 Å². The van der Waals surface area contributed by atoms with Crippen molar-refractivity contribution in [1.82, 2.24) is 5.32 Å². The third kappa shape index (κ3) is 2.86.